The minimum atomic E-state index is -0.00922. The van der Waals surface area contributed by atoms with Crippen LogP contribution in [0, 0.1) is 0 Å². The molecule has 0 bridgehead atoms. The Morgan fingerprint density at radius 3 is 1.32 bits per heavy atom. The van der Waals surface area contributed by atoms with Crippen LogP contribution in [0.2, 0.25) is 0 Å². The molecule has 0 saturated heterocycles. The quantitative estimate of drug-likeness (QED) is 0.669. The van der Waals surface area contributed by atoms with E-state index in [4.69, 9.17) is 9.47 Å². The van der Waals surface area contributed by atoms with Crippen LogP contribution in [0.25, 0.3) is 0 Å². The summed E-state index contributed by atoms with van der Waals surface area (Å²) in [6, 6.07) is 28.5. The van der Waals surface area contributed by atoms with E-state index in [0.29, 0.717) is 24.9 Å². The summed E-state index contributed by atoms with van der Waals surface area (Å²) in [6.45, 7) is 1.30. The van der Waals surface area contributed by atoms with Crippen molar-refractivity contribution >= 4 is 11.8 Å². The van der Waals surface area contributed by atoms with Crippen molar-refractivity contribution in [3.8, 4) is 0 Å². The zero-order valence-electron chi connectivity index (χ0n) is 15.4. The Kier molecular flexibility index (Phi) is 4.37. The van der Waals surface area contributed by atoms with Gasteiger partial charge in [-0.1, -0.05) is 60.7 Å². The summed E-state index contributed by atoms with van der Waals surface area (Å²) in [6.07, 6.45) is -0.0184. The van der Waals surface area contributed by atoms with Gasteiger partial charge in [-0.05, 0) is 35.4 Å². The van der Waals surface area contributed by atoms with Crippen molar-refractivity contribution in [3.63, 3.8) is 0 Å². The number of hydrogen-bond acceptors (Lipinski definition) is 4. The molecule has 28 heavy (non-hydrogen) atoms. The molecule has 0 aliphatic carbocycles. The van der Waals surface area contributed by atoms with E-state index in [1.54, 1.807) is 0 Å². The topological polar surface area (TPSA) is 43.2 Å². The molecule has 5 rings (SSSR count). The Hall–Kier alpha value is -3.40. The Morgan fingerprint density at radius 2 is 0.929 bits per heavy atom. The van der Waals surface area contributed by atoms with Gasteiger partial charge in [0.15, 0.2) is 0 Å². The van der Waals surface area contributed by atoms with E-state index >= 15 is 0 Å². The highest BCUT2D eigenvalue weighted by molar-refractivity contribution is 5.98. The molecule has 2 aliphatic rings. The lowest BCUT2D eigenvalue weighted by atomic mass is 10.1. The van der Waals surface area contributed by atoms with Crippen molar-refractivity contribution < 1.29 is 9.47 Å². The second-order valence-corrected chi connectivity index (χ2v) is 6.90. The lowest BCUT2D eigenvalue weighted by Crippen LogP contribution is -2.08. The number of benzene rings is 3. The largest absolute Gasteiger partial charge is 0.467 e. The first-order valence-electron chi connectivity index (χ1n) is 9.50. The standard InChI is InChI=1S/C24H20N2O2/c1-3-7-17(8-4-1)21-15-25-23(27-21)19-11-13-20(14-12-19)24-26-16-22(28-24)18-9-5-2-6-10-18/h1-14,21-22H,15-16H2. The summed E-state index contributed by atoms with van der Waals surface area (Å²) in [5.74, 6) is 1.38. The van der Waals surface area contributed by atoms with E-state index in [1.165, 1.54) is 0 Å². The van der Waals surface area contributed by atoms with Crippen LogP contribution in [-0.2, 0) is 9.47 Å². The Morgan fingerprint density at radius 1 is 0.536 bits per heavy atom. The van der Waals surface area contributed by atoms with E-state index in [0.717, 1.165) is 22.3 Å². The van der Waals surface area contributed by atoms with Gasteiger partial charge in [0.1, 0.15) is 12.2 Å². The van der Waals surface area contributed by atoms with Crippen molar-refractivity contribution in [2.24, 2.45) is 9.98 Å². The summed E-state index contributed by atoms with van der Waals surface area (Å²) >= 11 is 0. The first-order valence-corrected chi connectivity index (χ1v) is 9.50. The summed E-state index contributed by atoms with van der Waals surface area (Å²) in [5.41, 5.74) is 4.25. The maximum atomic E-state index is 6.06. The number of aliphatic imine (C=N–C) groups is 2. The van der Waals surface area contributed by atoms with Gasteiger partial charge in [0.05, 0.1) is 13.1 Å². The second-order valence-electron chi connectivity index (χ2n) is 6.90. The van der Waals surface area contributed by atoms with Crippen LogP contribution in [-0.4, -0.2) is 24.9 Å². The summed E-state index contributed by atoms with van der Waals surface area (Å²) in [7, 11) is 0. The van der Waals surface area contributed by atoms with Gasteiger partial charge in [-0.25, -0.2) is 9.98 Å². The van der Waals surface area contributed by atoms with Crippen LogP contribution in [0.1, 0.15) is 34.5 Å². The average molecular weight is 368 g/mol. The summed E-state index contributed by atoms with van der Waals surface area (Å²) < 4.78 is 12.1. The normalized spacial score (nSPS) is 20.9. The highest BCUT2D eigenvalue weighted by Crippen LogP contribution is 2.27. The third-order valence-corrected chi connectivity index (χ3v) is 5.03. The smallest absolute Gasteiger partial charge is 0.216 e. The molecular weight excluding hydrogens is 348 g/mol. The highest BCUT2D eigenvalue weighted by Gasteiger charge is 2.24. The molecule has 2 aliphatic heterocycles. The predicted molar refractivity (Wildman–Crippen MR) is 110 cm³/mol. The minimum Gasteiger partial charge on any atom is -0.467 e. The first kappa shape index (κ1) is 16.8. The monoisotopic (exact) mass is 368 g/mol. The van der Waals surface area contributed by atoms with Crippen molar-refractivity contribution in [2.45, 2.75) is 12.2 Å². The number of rotatable bonds is 4. The highest BCUT2D eigenvalue weighted by atomic mass is 16.5. The van der Waals surface area contributed by atoms with E-state index < -0.39 is 0 Å². The zero-order chi connectivity index (χ0) is 18.8. The lowest BCUT2D eigenvalue weighted by Gasteiger charge is -2.12. The lowest BCUT2D eigenvalue weighted by molar-refractivity contribution is 0.230. The maximum Gasteiger partial charge on any atom is 0.216 e. The van der Waals surface area contributed by atoms with Crippen molar-refractivity contribution in [1.29, 1.82) is 0 Å². The SMILES string of the molecule is c1ccc(C2CN=C(c3ccc(C4=NCC(c5ccccc5)O4)cc3)O2)cc1. The molecule has 2 heterocycles. The summed E-state index contributed by atoms with van der Waals surface area (Å²) in [4.78, 5) is 9.15. The van der Waals surface area contributed by atoms with Crippen molar-refractivity contribution in [3.05, 3.63) is 107 Å². The molecule has 4 heteroatoms. The number of hydrogen-bond donors (Lipinski definition) is 0. The van der Waals surface area contributed by atoms with Crippen LogP contribution in [0.15, 0.2) is 94.9 Å². The Balaban J connectivity index is 1.26. The summed E-state index contributed by atoms with van der Waals surface area (Å²) in [5, 5.41) is 0. The van der Waals surface area contributed by atoms with E-state index in [1.807, 2.05) is 60.7 Å². The number of ether oxygens (including phenoxy) is 2. The van der Waals surface area contributed by atoms with Gasteiger partial charge < -0.3 is 9.47 Å². The Labute approximate surface area is 164 Å². The fourth-order valence-electron chi connectivity index (χ4n) is 3.51. The van der Waals surface area contributed by atoms with E-state index in [2.05, 4.69) is 34.3 Å². The molecule has 3 aromatic rings. The van der Waals surface area contributed by atoms with Gasteiger partial charge in [-0.15, -0.1) is 0 Å². The van der Waals surface area contributed by atoms with Crippen LogP contribution < -0.4 is 0 Å². The Bertz CT molecular complexity index is 927. The average Bonchev–Trinajstić information content (AvgIpc) is 3.46. The third kappa shape index (κ3) is 3.29. The van der Waals surface area contributed by atoms with Gasteiger partial charge in [0, 0.05) is 11.1 Å². The van der Waals surface area contributed by atoms with Gasteiger partial charge >= 0.3 is 0 Å². The molecule has 3 aromatic carbocycles. The molecule has 0 N–H and O–H groups in total. The molecule has 2 unspecified atom stereocenters. The zero-order valence-corrected chi connectivity index (χ0v) is 15.4. The first-order chi connectivity index (χ1) is 13.9. The molecule has 4 nitrogen and oxygen atoms in total. The minimum absolute atomic E-state index is 0.00922. The van der Waals surface area contributed by atoms with E-state index in [9.17, 15) is 0 Å². The van der Waals surface area contributed by atoms with Crippen LogP contribution >= 0.6 is 0 Å². The van der Waals surface area contributed by atoms with Crippen molar-refractivity contribution in [2.75, 3.05) is 13.1 Å². The second kappa shape index (κ2) is 7.31. The van der Waals surface area contributed by atoms with Crippen LogP contribution in [0.3, 0.4) is 0 Å². The molecule has 0 amide bonds. The molecular formula is C24H20N2O2. The van der Waals surface area contributed by atoms with Gasteiger partial charge in [-0.3, -0.25) is 0 Å². The molecule has 138 valence electrons. The van der Waals surface area contributed by atoms with Crippen molar-refractivity contribution in [1.82, 2.24) is 0 Å². The van der Waals surface area contributed by atoms with Gasteiger partial charge in [0.25, 0.3) is 0 Å². The molecule has 0 radical (unpaired) electrons. The van der Waals surface area contributed by atoms with Crippen LogP contribution in [0.5, 0.6) is 0 Å². The third-order valence-electron chi connectivity index (χ3n) is 5.03. The van der Waals surface area contributed by atoms with Gasteiger partial charge in [-0.2, -0.15) is 0 Å². The molecule has 0 aromatic heterocycles. The maximum absolute atomic E-state index is 6.06. The number of nitrogens with zero attached hydrogens (tertiary/aromatic N) is 2. The molecule has 0 fully saturated rings. The predicted octanol–water partition coefficient (Wildman–Crippen LogP) is 4.72. The fourth-order valence-corrected chi connectivity index (χ4v) is 3.51. The molecule has 0 saturated carbocycles. The molecule has 0 spiro atoms. The van der Waals surface area contributed by atoms with Crippen LogP contribution in [0.4, 0.5) is 0 Å². The van der Waals surface area contributed by atoms with E-state index in [-0.39, 0.29) is 12.2 Å². The fraction of sp³-hybridized carbons (Fsp3) is 0.167. The molecule has 2 atom stereocenters. The van der Waals surface area contributed by atoms with Gasteiger partial charge in [0.2, 0.25) is 11.8 Å².